The molecular formula is C22H27N3O3S. The van der Waals surface area contributed by atoms with Crippen molar-refractivity contribution in [3.05, 3.63) is 47.0 Å². The van der Waals surface area contributed by atoms with E-state index in [1.54, 1.807) is 32.7 Å². The standard InChI is InChI=1S/C22H27N3O3S/c1-26-17-13-15(14-18(27-2)21(17)28-3)20(25-11-6-9-23-10-12-25)22-24-16-7-4-5-8-19(16)29-22/h4-5,7-8,13-14,20,23H,6,9-12H2,1-3H3. The fraction of sp³-hybridized carbons (Fsp3) is 0.409. The molecule has 154 valence electrons. The third-order valence-electron chi connectivity index (χ3n) is 5.29. The Labute approximate surface area is 175 Å². The van der Waals surface area contributed by atoms with Gasteiger partial charge in [0.05, 0.1) is 37.6 Å². The van der Waals surface area contributed by atoms with Gasteiger partial charge in [-0.3, -0.25) is 4.90 Å². The van der Waals surface area contributed by atoms with Crippen LogP contribution in [0.25, 0.3) is 10.2 Å². The SMILES string of the molecule is COc1cc(C(c2nc3ccccc3s2)N2CCCNCC2)cc(OC)c1OC. The van der Waals surface area contributed by atoms with E-state index < -0.39 is 0 Å². The summed E-state index contributed by atoms with van der Waals surface area (Å²) in [6, 6.07) is 12.4. The second-order valence-electron chi connectivity index (χ2n) is 7.02. The van der Waals surface area contributed by atoms with Crippen molar-refractivity contribution < 1.29 is 14.2 Å². The van der Waals surface area contributed by atoms with E-state index in [9.17, 15) is 0 Å². The van der Waals surface area contributed by atoms with Crippen LogP contribution in [0.3, 0.4) is 0 Å². The first-order valence-electron chi connectivity index (χ1n) is 9.85. The first kappa shape index (κ1) is 19.9. The van der Waals surface area contributed by atoms with Gasteiger partial charge in [-0.15, -0.1) is 11.3 Å². The Hall–Kier alpha value is -2.35. The van der Waals surface area contributed by atoms with Crippen LogP contribution in [0.1, 0.15) is 23.0 Å². The molecular weight excluding hydrogens is 386 g/mol. The van der Waals surface area contributed by atoms with Crippen LogP contribution in [-0.2, 0) is 0 Å². The highest BCUT2D eigenvalue weighted by atomic mass is 32.1. The topological polar surface area (TPSA) is 55.9 Å². The minimum atomic E-state index is 0.0287. The van der Waals surface area contributed by atoms with Gasteiger partial charge in [-0.05, 0) is 42.8 Å². The van der Waals surface area contributed by atoms with Crippen molar-refractivity contribution in [2.75, 3.05) is 47.5 Å². The highest BCUT2D eigenvalue weighted by Gasteiger charge is 2.28. The first-order chi connectivity index (χ1) is 14.2. The molecule has 0 saturated carbocycles. The van der Waals surface area contributed by atoms with Gasteiger partial charge in [0.2, 0.25) is 5.75 Å². The molecule has 0 amide bonds. The minimum Gasteiger partial charge on any atom is -0.493 e. The molecule has 2 aromatic carbocycles. The van der Waals surface area contributed by atoms with E-state index in [2.05, 4.69) is 40.5 Å². The first-order valence-corrected chi connectivity index (χ1v) is 10.7. The average Bonchev–Trinajstić information content (AvgIpc) is 3.00. The van der Waals surface area contributed by atoms with E-state index in [0.29, 0.717) is 17.2 Å². The van der Waals surface area contributed by atoms with Gasteiger partial charge in [0.15, 0.2) is 11.5 Å². The number of methoxy groups -OCH3 is 3. The van der Waals surface area contributed by atoms with Crippen molar-refractivity contribution in [1.82, 2.24) is 15.2 Å². The summed E-state index contributed by atoms with van der Waals surface area (Å²) in [6.07, 6.45) is 1.10. The maximum Gasteiger partial charge on any atom is 0.203 e. The molecule has 1 aliphatic heterocycles. The zero-order chi connectivity index (χ0) is 20.2. The summed E-state index contributed by atoms with van der Waals surface area (Å²) < 4.78 is 18.0. The van der Waals surface area contributed by atoms with Crippen LogP contribution in [0.4, 0.5) is 0 Å². The van der Waals surface area contributed by atoms with E-state index in [4.69, 9.17) is 19.2 Å². The summed E-state index contributed by atoms with van der Waals surface area (Å²) in [4.78, 5) is 7.49. The number of nitrogens with zero attached hydrogens (tertiary/aromatic N) is 2. The molecule has 1 fully saturated rings. The molecule has 6 nitrogen and oxygen atoms in total. The number of benzene rings is 2. The molecule has 7 heteroatoms. The second-order valence-corrected chi connectivity index (χ2v) is 8.08. The van der Waals surface area contributed by atoms with Crippen molar-refractivity contribution in [3.63, 3.8) is 0 Å². The van der Waals surface area contributed by atoms with Crippen LogP contribution in [-0.4, -0.2) is 57.4 Å². The van der Waals surface area contributed by atoms with Crippen molar-refractivity contribution in [1.29, 1.82) is 0 Å². The smallest absolute Gasteiger partial charge is 0.203 e. The van der Waals surface area contributed by atoms with E-state index >= 15 is 0 Å². The van der Waals surface area contributed by atoms with Crippen LogP contribution in [0.5, 0.6) is 17.2 Å². The summed E-state index contributed by atoms with van der Waals surface area (Å²) >= 11 is 1.75. The van der Waals surface area contributed by atoms with Gasteiger partial charge in [-0.25, -0.2) is 4.98 Å². The number of para-hydroxylation sites is 1. The van der Waals surface area contributed by atoms with Gasteiger partial charge in [0.25, 0.3) is 0 Å². The molecule has 1 N–H and O–H groups in total. The molecule has 0 radical (unpaired) electrons. The second kappa shape index (κ2) is 8.98. The molecule has 1 saturated heterocycles. The molecule has 1 atom stereocenters. The lowest BCUT2D eigenvalue weighted by Gasteiger charge is -2.30. The number of ether oxygens (including phenoxy) is 3. The molecule has 1 unspecified atom stereocenters. The molecule has 0 aliphatic carbocycles. The zero-order valence-corrected chi connectivity index (χ0v) is 17.9. The number of nitrogens with one attached hydrogen (secondary N) is 1. The van der Waals surface area contributed by atoms with Crippen LogP contribution in [0.15, 0.2) is 36.4 Å². The highest BCUT2D eigenvalue weighted by Crippen LogP contribution is 2.43. The molecule has 1 aromatic heterocycles. The van der Waals surface area contributed by atoms with Crippen molar-refractivity contribution >= 4 is 21.6 Å². The van der Waals surface area contributed by atoms with Gasteiger partial charge in [-0.2, -0.15) is 0 Å². The third-order valence-corrected chi connectivity index (χ3v) is 6.38. The quantitative estimate of drug-likeness (QED) is 0.665. The Morgan fingerprint density at radius 1 is 1.00 bits per heavy atom. The van der Waals surface area contributed by atoms with Crippen molar-refractivity contribution in [2.24, 2.45) is 0 Å². The predicted molar refractivity (Wildman–Crippen MR) is 117 cm³/mol. The fourth-order valence-electron chi connectivity index (χ4n) is 3.90. The van der Waals surface area contributed by atoms with Gasteiger partial charge in [0.1, 0.15) is 5.01 Å². The van der Waals surface area contributed by atoms with Crippen LogP contribution in [0.2, 0.25) is 0 Å². The molecule has 3 aromatic rings. The maximum atomic E-state index is 5.62. The van der Waals surface area contributed by atoms with Crippen LogP contribution >= 0.6 is 11.3 Å². The number of fused-ring (bicyclic) bond motifs is 1. The largest absolute Gasteiger partial charge is 0.493 e. The Morgan fingerprint density at radius 3 is 2.45 bits per heavy atom. The van der Waals surface area contributed by atoms with Crippen LogP contribution < -0.4 is 19.5 Å². The van der Waals surface area contributed by atoms with Crippen molar-refractivity contribution in [3.8, 4) is 17.2 Å². The Kier molecular flexibility index (Phi) is 6.18. The minimum absolute atomic E-state index is 0.0287. The summed E-state index contributed by atoms with van der Waals surface area (Å²) in [7, 11) is 4.94. The van der Waals surface area contributed by atoms with Gasteiger partial charge in [0, 0.05) is 19.6 Å². The number of hydrogen-bond donors (Lipinski definition) is 1. The predicted octanol–water partition coefficient (Wildman–Crippen LogP) is 3.71. The lowest BCUT2D eigenvalue weighted by Crippen LogP contribution is -2.33. The van der Waals surface area contributed by atoms with E-state index in [0.717, 1.165) is 48.7 Å². The molecule has 0 bridgehead atoms. The number of aromatic nitrogens is 1. The molecule has 4 rings (SSSR count). The summed E-state index contributed by atoms with van der Waals surface area (Å²) in [6.45, 7) is 3.96. The lowest BCUT2D eigenvalue weighted by atomic mass is 10.0. The monoisotopic (exact) mass is 413 g/mol. The Morgan fingerprint density at radius 2 is 1.76 bits per heavy atom. The van der Waals surface area contributed by atoms with E-state index in [-0.39, 0.29) is 6.04 Å². The normalized spacial score (nSPS) is 16.4. The van der Waals surface area contributed by atoms with Gasteiger partial charge in [-0.1, -0.05) is 12.1 Å². The average molecular weight is 414 g/mol. The van der Waals surface area contributed by atoms with E-state index in [1.165, 1.54) is 4.70 Å². The summed E-state index contributed by atoms with van der Waals surface area (Å²) in [5, 5.41) is 4.58. The van der Waals surface area contributed by atoms with Crippen LogP contribution in [0, 0.1) is 0 Å². The Balaban J connectivity index is 1.85. The van der Waals surface area contributed by atoms with Crippen molar-refractivity contribution in [2.45, 2.75) is 12.5 Å². The van der Waals surface area contributed by atoms with Gasteiger partial charge >= 0.3 is 0 Å². The lowest BCUT2D eigenvalue weighted by molar-refractivity contribution is 0.239. The highest BCUT2D eigenvalue weighted by molar-refractivity contribution is 7.18. The fourth-order valence-corrected chi connectivity index (χ4v) is 5.03. The molecule has 0 spiro atoms. The number of hydrogen-bond acceptors (Lipinski definition) is 7. The third kappa shape index (κ3) is 4.03. The number of thiazole rings is 1. The number of rotatable bonds is 6. The Bertz CT molecular complexity index is 909. The zero-order valence-electron chi connectivity index (χ0n) is 17.1. The van der Waals surface area contributed by atoms with Gasteiger partial charge < -0.3 is 19.5 Å². The van der Waals surface area contributed by atoms with E-state index in [1.807, 2.05) is 6.07 Å². The molecule has 29 heavy (non-hydrogen) atoms. The molecule has 2 heterocycles. The maximum absolute atomic E-state index is 5.62. The molecule has 1 aliphatic rings. The summed E-state index contributed by atoms with van der Waals surface area (Å²) in [5.41, 5.74) is 2.14. The summed E-state index contributed by atoms with van der Waals surface area (Å²) in [5.74, 6) is 1.95.